The number of nitriles is 1. The topological polar surface area (TPSA) is 53.2 Å². The normalized spacial score (nSPS) is 9.57. The Morgan fingerprint density at radius 1 is 1.71 bits per heavy atom. The highest BCUT2D eigenvalue weighted by molar-refractivity contribution is 6.33. The summed E-state index contributed by atoms with van der Waals surface area (Å²) in [7, 11) is 1.24. The third kappa shape index (κ3) is 1.73. The molecule has 1 rings (SSSR count). The molecule has 0 aromatic heterocycles. The van der Waals surface area contributed by atoms with Gasteiger partial charge in [0.15, 0.2) is 11.6 Å². The summed E-state index contributed by atoms with van der Waals surface area (Å²) in [6, 6.07) is 2.82. The smallest absolute Gasteiger partial charge is 0.176 e. The van der Waals surface area contributed by atoms with Gasteiger partial charge in [-0.15, -0.1) is 0 Å². The maximum Gasteiger partial charge on any atom is 0.176 e. The average Bonchev–Trinajstić information content (AvgIpc) is 2.15. The van der Waals surface area contributed by atoms with Gasteiger partial charge in [-0.2, -0.15) is 5.26 Å². The third-order valence-corrected chi connectivity index (χ3v) is 2.05. The van der Waals surface area contributed by atoms with Gasteiger partial charge in [0.1, 0.15) is 10.8 Å². The van der Waals surface area contributed by atoms with E-state index in [0.29, 0.717) is 0 Å². The van der Waals surface area contributed by atoms with Gasteiger partial charge in [-0.3, -0.25) is 0 Å². The summed E-state index contributed by atoms with van der Waals surface area (Å²) in [4.78, 5) is 0. The molecular weight excluding hydrogens is 209 g/mol. The van der Waals surface area contributed by atoms with Crippen molar-refractivity contribution in [3.8, 4) is 17.6 Å². The van der Waals surface area contributed by atoms with E-state index >= 15 is 0 Å². The Morgan fingerprint density at radius 3 is 2.86 bits per heavy atom. The van der Waals surface area contributed by atoms with E-state index in [-0.39, 0.29) is 28.5 Å². The molecule has 0 aliphatic carbocycles. The van der Waals surface area contributed by atoms with E-state index in [1.807, 2.05) is 0 Å². The van der Waals surface area contributed by atoms with Crippen LogP contribution in [0, 0.1) is 17.1 Å². The van der Waals surface area contributed by atoms with Gasteiger partial charge >= 0.3 is 0 Å². The van der Waals surface area contributed by atoms with Crippen LogP contribution in [-0.2, 0) is 6.42 Å². The number of hydrogen-bond donors (Lipinski definition) is 1. The molecule has 1 aromatic rings. The fourth-order valence-corrected chi connectivity index (χ4v) is 1.34. The second-order valence-electron chi connectivity index (χ2n) is 2.55. The van der Waals surface area contributed by atoms with E-state index in [9.17, 15) is 9.50 Å². The van der Waals surface area contributed by atoms with E-state index in [1.165, 1.54) is 7.11 Å². The standard InChI is InChI=1S/C9H7ClFNO2/c1-14-9-6(11)4-5(2-3-12)8(13)7(9)10/h4,13H,2H2,1H3. The minimum atomic E-state index is -0.694. The molecule has 1 aromatic carbocycles. The first kappa shape index (κ1) is 10.6. The van der Waals surface area contributed by atoms with Crippen LogP contribution in [0.15, 0.2) is 6.07 Å². The fourth-order valence-electron chi connectivity index (χ4n) is 1.05. The summed E-state index contributed by atoms with van der Waals surface area (Å²) in [6.07, 6.45) is -0.105. The number of hydrogen-bond acceptors (Lipinski definition) is 3. The first-order chi connectivity index (χ1) is 6.61. The Morgan fingerprint density at radius 2 is 2.36 bits per heavy atom. The van der Waals surface area contributed by atoms with Gasteiger partial charge in [-0.25, -0.2) is 4.39 Å². The molecule has 14 heavy (non-hydrogen) atoms. The van der Waals surface area contributed by atoms with Crippen LogP contribution in [0.1, 0.15) is 5.56 Å². The Balaban J connectivity index is 3.34. The quantitative estimate of drug-likeness (QED) is 0.823. The lowest BCUT2D eigenvalue weighted by Gasteiger charge is -2.08. The minimum Gasteiger partial charge on any atom is -0.506 e. The highest BCUT2D eigenvalue weighted by Crippen LogP contribution is 2.38. The predicted molar refractivity (Wildman–Crippen MR) is 48.9 cm³/mol. The first-order valence-corrected chi connectivity index (χ1v) is 4.10. The maximum atomic E-state index is 13.2. The zero-order valence-electron chi connectivity index (χ0n) is 7.34. The Hall–Kier alpha value is -1.47. The number of phenols is 1. The zero-order chi connectivity index (χ0) is 10.7. The summed E-state index contributed by atoms with van der Waals surface area (Å²) in [5.74, 6) is -1.22. The van der Waals surface area contributed by atoms with E-state index in [0.717, 1.165) is 6.07 Å². The van der Waals surface area contributed by atoms with Gasteiger partial charge in [0.25, 0.3) is 0 Å². The summed E-state index contributed by atoms with van der Waals surface area (Å²) >= 11 is 5.62. The molecule has 0 heterocycles. The zero-order valence-corrected chi connectivity index (χ0v) is 8.10. The van der Waals surface area contributed by atoms with E-state index < -0.39 is 5.82 Å². The number of phenolic OH excluding ortho intramolecular Hbond substituents is 1. The molecule has 0 bridgehead atoms. The molecule has 74 valence electrons. The van der Waals surface area contributed by atoms with Crippen LogP contribution in [0.25, 0.3) is 0 Å². The number of rotatable bonds is 2. The first-order valence-electron chi connectivity index (χ1n) is 3.72. The molecule has 0 amide bonds. The molecule has 0 spiro atoms. The minimum absolute atomic E-state index is 0.105. The molecule has 0 unspecified atom stereocenters. The highest BCUT2D eigenvalue weighted by atomic mass is 35.5. The van der Waals surface area contributed by atoms with E-state index in [2.05, 4.69) is 4.74 Å². The van der Waals surface area contributed by atoms with Crippen molar-refractivity contribution < 1.29 is 14.2 Å². The van der Waals surface area contributed by atoms with Crippen LogP contribution in [0.2, 0.25) is 5.02 Å². The molecular formula is C9H7ClFNO2. The molecule has 0 saturated heterocycles. The van der Waals surface area contributed by atoms with Crippen LogP contribution in [0.4, 0.5) is 4.39 Å². The maximum absolute atomic E-state index is 13.2. The Kier molecular flexibility index (Phi) is 3.15. The predicted octanol–water partition coefficient (Wildman–Crippen LogP) is 2.26. The van der Waals surface area contributed by atoms with Crippen LogP contribution < -0.4 is 4.74 Å². The van der Waals surface area contributed by atoms with Crippen molar-refractivity contribution in [2.45, 2.75) is 6.42 Å². The number of benzene rings is 1. The van der Waals surface area contributed by atoms with Crippen molar-refractivity contribution >= 4 is 11.6 Å². The van der Waals surface area contributed by atoms with Crippen LogP contribution in [-0.4, -0.2) is 12.2 Å². The van der Waals surface area contributed by atoms with Gasteiger partial charge in [0, 0.05) is 5.56 Å². The summed E-state index contributed by atoms with van der Waals surface area (Å²) in [5.41, 5.74) is 0.149. The van der Waals surface area contributed by atoms with Crippen molar-refractivity contribution in [2.75, 3.05) is 7.11 Å². The summed E-state index contributed by atoms with van der Waals surface area (Å²) in [5, 5.41) is 17.6. The van der Waals surface area contributed by atoms with Crippen LogP contribution in [0.5, 0.6) is 11.5 Å². The molecule has 0 aliphatic heterocycles. The van der Waals surface area contributed by atoms with Crippen molar-refractivity contribution in [2.24, 2.45) is 0 Å². The van der Waals surface area contributed by atoms with Gasteiger partial charge in [-0.1, -0.05) is 11.6 Å². The van der Waals surface area contributed by atoms with E-state index in [1.54, 1.807) is 6.07 Å². The number of methoxy groups -OCH3 is 1. The van der Waals surface area contributed by atoms with Gasteiger partial charge in [-0.05, 0) is 6.07 Å². The second kappa shape index (κ2) is 4.16. The fraction of sp³-hybridized carbons (Fsp3) is 0.222. The molecule has 0 radical (unpaired) electrons. The molecule has 0 atom stereocenters. The molecule has 1 N–H and O–H groups in total. The lowest BCUT2D eigenvalue weighted by atomic mass is 10.1. The monoisotopic (exact) mass is 215 g/mol. The van der Waals surface area contributed by atoms with Crippen molar-refractivity contribution in [1.29, 1.82) is 5.26 Å². The lowest BCUT2D eigenvalue weighted by molar-refractivity contribution is 0.379. The number of aromatic hydroxyl groups is 1. The summed E-state index contributed by atoms with van der Waals surface area (Å²) < 4.78 is 17.8. The largest absolute Gasteiger partial charge is 0.506 e. The number of ether oxygens (including phenoxy) is 1. The van der Waals surface area contributed by atoms with E-state index in [4.69, 9.17) is 16.9 Å². The summed E-state index contributed by atoms with van der Waals surface area (Å²) in [6.45, 7) is 0. The lowest BCUT2D eigenvalue weighted by Crippen LogP contribution is -1.93. The number of nitrogens with zero attached hydrogens (tertiary/aromatic N) is 1. The van der Waals surface area contributed by atoms with Gasteiger partial charge in [0.2, 0.25) is 0 Å². The molecule has 0 aliphatic rings. The highest BCUT2D eigenvalue weighted by Gasteiger charge is 2.16. The Labute approximate surface area is 85.3 Å². The Bertz CT molecular complexity index is 401. The number of halogens is 2. The van der Waals surface area contributed by atoms with Crippen LogP contribution in [0.3, 0.4) is 0 Å². The SMILES string of the molecule is COc1c(F)cc(CC#N)c(O)c1Cl. The molecule has 0 saturated carbocycles. The van der Waals surface area contributed by atoms with Gasteiger partial charge < -0.3 is 9.84 Å². The second-order valence-corrected chi connectivity index (χ2v) is 2.93. The molecule has 5 heteroatoms. The molecule has 0 fully saturated rings. The van der Waals surface area contributed by atoms with Gasteiger partial charge in [0.05, 0.1) is 19.6 Å². The van der Waals surface area contributed by atoms with Crippen molar-refractivity contribution in [3.63, 3.8) is 0 Å². The third-order valence-electron chi connectivity index (χ3n) is 1.70. The molecule has 3 nitrogen and oxygen atoms in total. The average molecular weight is 216 g/mol. The van der Waals surface area contributed by atoms with Crippen molar-refractivity contribution in [3.05, 3.63) is 22.5 Å². The van der Waals surface area contributed by atoms with Crippen LogP contribution >= 0.6 is 11.6 Å². The van der Waals surface area contributed by atoms with Crippen molar-refractivity contribution in [1.82, 2.24) is 0 Å².